The van der Waals surface area contributed by atoms with Gasteiger partial charge in [0.2, 0.25) is 0 Å². The summed E-state index contributed by atoms with van der Waals surface area (Å²) in [5, 5.41) is 5.69. The molecule has 6 nitrogen and oxygen atoms in total. The number of pyridine rings is 1. The molecule has 0 atom stereocenters. The van der Waals surface area contributed by atoms with Gasteiger partial charge in [0.05, 0.1) is 0 Å². The number of carbonyl (C=O) groups excluding carboxylic acids is 1. The molecular weight excluding hydrogens is 334 g/mol. The summed E-state index contributed by atoms with van der Waals surface area (Å²) < 4.78 is 1.83. The van der Waals surface area contributed by atoms with E-state index in [9.17, 15) is 4.79 Å². The van der Waals surface area contributed by atoms with Crippen LogP contribution in [0.3, 0.4) is 0 Å². The van der Waals surface area contributed by atoms with E-state index in [0.29, 0.717) is 13.1 Å². The zero-order chi connectivity index (χ0) is 17.3. The Kier molecular flexibility index (Phi) is 6.06. The van der Waals surface area contributed by atoms with E-state index in [1.807, 2.05) is 41.1 Å². The van der Waals surface area contributed by atoms with Crippen molar-refractivity contribution in [1.82, 2.24) is 25.2 Å². The first-order valence-electron chi connectivity index (χ1n) is 7.94. The Morgan fingerprint density at radius 3 is 2.72 bits per heavy atom. The largest absolute Gasteiger partial charge is 0.337 e. The van der Waals surface area contributed by atoms with Gasteiger partial charge in [-0.05, 0) is 23.8 Å². The molecular formula is C18H19N5OS. The average molecular weight is 353 g/mol. The molecule has 0 aliphatic heterocycles. The standard InChI is InChI=1S/C18H19N5OS/c24-18(20-9-11-25-16-4-2-1-3-5-16)22-13-15-6-7-17(21-12-15)23-10-8-19-14-23/h1-8,10,12,14H,9,11,13H2,(H2,20,22,24). The van der Waals surface area contributed by atoms with Crippen molar-refractivity contribution in [2.24, 2.45) is 0 Å². The SMILES string of the molecule is O=C(NCCSc1ccccc1)NCc1ccc(-n2ccnc2)nc1. The minimum Gasteiger partial charge on any atom is -0.337 e. The van der Waals surface area contributed by atoms with Crippen LogP contribution >= 0.6 is 11.8 Å². The highest BCUT2D eigenvalue weighted by Gasteiger charge is 2.02. The first kappa shape index (κ1) is 17.0. The summed E-state index contributed by atoms with van der Waals surface area (Å²) >= 11 is 1.72. The predicted molar refractivity (Wildman–Crippen MR) is 98.8 cm³/mol. The van der Waals surface area contributed by atoms with E-state index in [1.165, 1.54) is 4.90 Å². The highest BCUT2D eigenvalue weighted by atomic mass is 32.2. The Bertz CT molecular complexity index is 775. The summed E-state index contributed by atoms with van der Waals surface area (Å²) in [5.74, 6) is 1.63. The van der Waals surface area contributed by atoms with Crippen molar-refractivity contribution in [2.45, 2.75) is 11.4 Å². The highest BCUT2D eigenvalue weighted by Crippen LogP contribution is 2.15. The first-order chi connectivity index (χ1) is 12.3. The molecule has 0 aliphatic carbocycles. The number of hydrogen-bond acceptors (Lipinski definition) is 4. The number of nitrogens with one attached hydrogen (secondary N) is 2. The lowest BCUT2D eigenvalue weighted by atomic mass is 10.3. The van der Waals surface area contributed by atoms with E-state index in [4.69, 9.17) is 0 Å². The molecule has 25 heavy (non-hydrogen) atoms. The Morgan fingerprint density at radius 2 is 2.00 bits per heavy atom. The van der Waals surface area contributed by atoms with Crippen LogP contribution in [0, 0.1) is 0 Å². The van der Waals surface area contributed by atoms with Crippen LogP contribution in [-0.4, -0.2) is 32.9 Å². The molecule has 0 unspecified atom stereocenters. The van der Waals surface area contributed by atoms with Crippen LogP contribution in [-0.2, 0) is 6.54 Å². The quantitative estimate of drug-likeness (QED) is 0.506. The Balaban J connectivity index is 1.36. The summed E-state index contributed by atoms with van der Waals surface area (Å²) in [4.78, 5) is 21.4. The second-order valence-corrected chi connectivity index (χ2v) is 6.43. The smallest absolute Gasteiger partial charge is 0.315 e. The molecule has 0 spiro atoms. The Hall–Kier alpha value is -2.80. The number of amides is 2. The third-order valence-electron chi connectivity index (χ3n) is 3.43. The van der Waals surface area contributed by atoms with Gasteiger partial charge in [-0.1, -0.05) is 24.3 Å². The fourth-order valence-electron chi connectivity index (χ4n) is 2.16. The molecule has 2 amide bonds. The molecule has 2 aromatic heterocycles. The lowest BCUT2D eigenvalue weighted by Crippen LogP contribution is -2.36. The number of imidazole rings is 1. The summed E-state index contributed by atoms with van der Waals surface area (Å²) in [7, 11) is 0. The van der Waals surface area contributed by atoms with Gasteiger partial charge in [0.15, 0.2) is 0 Å². The van der Waals surface area contributed by atoms with Crippen LogP contribution in [0.2, 0.25) is 0 Å². The van der Waals surface area contributed by atoms with Gasteiger partial charge < -0.3 is 10.6 Å². The van der Waals surface area contributed by atoms with E-state index < -0.39 is 0 Å². The van der Waals surface area contributed by atoms with Crippen molar-refractivity contribution in [2.75, 3.05) is 12.3 Å². The van der Waals surface area contributed by atoms with Gasteiger partial charge >= 0.3 is 6.03 Å². The summed E-state index contributed by atoms with van der Waals surface area (Å²) in [6, 6.07) is 13.8. The fourth-order valence-corrected chi connectivity index (χ4v) is 2.95. The number of thioether (sulfide) groups is 1. The first-order valence-corrected chi connectivity index (χ1v) is 8.92. The Labute approximate surface area is 150 Å². The topological polar surface area (TPSA) is 71.8 Å². The van der Waals surface area contributed by atoms with Crippen molar-refractivity contribution >= 4 is 17.8 Å². The van der Waals surface area contributed by atoms with Crippen molar-refractivity contribution < 1.29 is 4.79 Å². The van der Waals surface area contributed by atoms with E-state index in [0.717, 1.165) is 17.1 Å². The molecule has 0 bridgehead atoms. The maximum atomic E-state index is 11.8. The minimum absolute atomic E-state index is 0.174. The van der Waals surface area contributed by atoms with Crippen LogP contribution < -0.4 is 10.6 Å². The molecule has 1 aromatic carbocycles. The van der Waals surface area contributed by atoms with Crippen molar-refractivity contribution in [3.8, 4) is 5.82 Å². The number of rotatable bonds is 7. The summed E-state index contributed by atoms with van der Waals surface area (Å²) in [6.07, 6.45) is 6.99. The number of carbonyl (C=O) groups is 1. The third-order valence-corrected chi connectivity index (χ3v) is 4.44. The average Bonchev–Trinajstić information content (AvgIpc) is 3.20. The van der Waals surface area contributed by atoms with E-state index in [1.54, 1.807) is 30.5 Å². The number of aromatic nitrogens is 3. The molecule has 3 aromatic rings. The molecule has 0 aliphatic rings. The number of hydrogen-bond donors (Lipinski definition) is 2. The number of benzene rings is 1. The normalized spacial score (nSPS) is 10.4. The molecule has 0 fully saturated rings. The molecule has 0 radical (unpaired) electrons. The van der Waals surface area contributed by atoms with Gasteiger partial charge in [0, 0.05) is 42.3 Å². The van der Waals surface area contributed by atoms with E-state index in [2.05, 4.69) is 32.7 Å². The zero-order valence-corrected chi connectivity index (χ0v) is 14.4. The Morgan fingerprint density at radius 1 is 1.12 bits per heavy atom. The predicted octanol–water partition coefficient (Wildman–Crippen LogP) is 2.86. The maximum Gasteiger partial charge on any atom is 0.315 e. The zero-order valence-electron chi connectivity index (χ0n) is 13.6. The van der Waals surface area contributed by atoms with E-state index in [-0.39, 0.29) is 6.03 Å². The molecule has 0 saturated heterocycles. The van der Waals surface area contributed by atoms with Crippen LogP contribution in [0.4, 0.5) is 4.79 Å². The molecule has 2 heterocycles. The fraction of sp³-hybridized carbons (Fsp3) is 0.167. The van der Waals surface area contributed by atoms with Crippen molar-refractivity contribution in [3.63, 3.8) is 0 Å². The summed E-state index contributed by atoms with van der Waals surface area (Å²) in [6.45, 7) is 1.05. The monoisotopic (exact) mass is 353 g/mol. The maximum absolute atomic E-state index is 11.8. The number of urea groups is 1. The number of nitrogens with zero attached hydrogens (tertiary/aromatic N) is 3. The second-order valence-electron chi connectivity index (χ2n) is 5.27. The molecule has 2 N–H and O–H groups in total. The molecule has 128 valence electrons. The van der Waals surface area contributed by atoms with Crippen LogP contribution in [0.1, 0.15) is 5.56 Å². The van der Waals surface area contributed by atoms with Crippen molar-refractivity contribution in [1.29, 1.82) is 0 Å². The van der Waals surface area contributed by atoms with Crippen LogP contribution in [0.25, 0.3) is 5.82 Å². The van der Waals surface area contributed by atoms with E-state index >= 15 is 0 Å². The minimum atomic E-state index is -0.174. The summed E-state index contributed by atoms with van der Waals surface area (Å²) in [5.41, 5.74) is 0.942. The van der Waals surface area contributed by atoms with Gasteiger partial charge in [-0.15, -0.1) is 11.8 Å². The lowest BCUT2D eigenvalue weighted by Gasteiger charge is -2.08. The second kappa shape index (κ2) is 8.89. The molecule has 0 saturated carbocycles. The van der Waals surface area contributed by atoms with Crippen molar-refractivity contribution in [3.05, 3.63) is 72.9 Å². The lowest BCUT2D eigenvalue weighted by molar-refractivity contribution is 0.241. The van der Waals surface area contributed by atoms with Crippen LogP contribution in [0.15, 0.2) is 72.3 Å². The highest BCUT2D eigenvalue weighted by molar-refractivity contribution is 7.99. The van der Waals surface area contributed by atoms with Gasteiger partial charge in [0.1, 0.15) is 12.1 Å². The van der Waals surface area contributed by atoms with Gasteiger partial charge in [-0.3, -0.25) is 4.57 Å². The molecule has 3 rings (SSSR count). The van der Waals surface area contributed by atoms with Gasteiger partial charge in [0.25, 0.3) is 0 Å². The van der Waals surface area contributed by atoms with Gasteiger partial charge in [-0.25, -0.2) is 14.8 Å². The van der Waals surface area contributed by atoms with Crippen LogP contribution in [0.5, 0.6) is 0 Å². The molecule has 7 heteroatoms. The third kappa shape index (κ3) is 5.36. The van der Waals surface area contributed by atoms with Gasteiger partial charge in [-0.2, -0.15) is 0 Å².